The molecule has 2 aliphatic heterocycles. The highest BCUT2D eigenvalue weighted by atomic mass is 16.5. The summed E-state index contributed by atoms with van der Waals surface area (Å²) in [5.41, 5.74) is 2.25. The zero-order chi connectivity index (χ0) is 31.8. The Kier molecular flexibility index (Phi) is 9.48. The molecule has 0 N–H and O–H groups in total. The normalized spacial score (nSPS) is 17.1. The molecule has 234 valence electrons. The number of anilines is 1. The third-order valence-corrected chi connectivity index (χ3v) is 9.03. The maximum absolute atomic E-state index is 14.2. The van der Waals surface area contributed by atoms with Gasteiger partial charge in [0.1, 0.15) is 17.6 Å². The number of para-hydroxylation sites is 1. The predicted molar refractivity (Wildman–Crippen MR) is 173 cm³/mol. The van der Waals surface area contributed by atoms with Gasteiger partial charge < -0.3 is 19.4 Å². The van der Waals surface area contributed by atoms with E-state index >= 15 is 0 Å². The molecule has 0 atom stereocenters. The number of piperidine rings is 1. The average molecular weight is 616 g/mol. The third-order valence-electron chi connectivity index (χ3n) is 9.03. The minimum atomic E-state index is -0.184. The third kappa shape index (κ3) is 7.15. The first-order valence-electron chi connectivity index (χ1n) is 15.8. The molecule has 0 aliphatic carbocycles. The Labute approximate surface area is 269 Å². The van der Waals surface area contributed by atoms with Gasteiger partial charge in [-0.2, -0.15) is 10.4 Å². The summed E-state index contributed by atoms with van der Waals surface area (Å²) in [4.78, 5) is 37.9. The number of nitriles is 1. The first kappa shape index (κ1) is 30.7. The second-order valence-corrected chi connectivity index (χ2v) is 12.0. The molecule has 2 aromatic carbocycles. The number of benzene rings is 2. The van der Waals surface area contributed by atoms with Gasteiger partial charge in [0.05, 0.1) is 17.7 Å². The van der Waals surface area contributed by atoms with Gasteiger partial charge in [0, 0.05) is 57.1 Å². The highest BCUT2D eigenvalue weighted by Crippen LogP contribution is 2.38. The van der Waals surface area contributed by atoms with Crippen LogP contribution in [0.25, 0.3) is 0 Å². The van der Waals surface area contributed by atoms with Crippen LogP contribution in [0.3, 0.4) is 0 Å². The molecular formula is C36H37N7O3. The van der Waals surface area contributed by atoms with Crippen molar-refractivity contribution in [2.24, 2.45) is 5.41 Å². The van der Waals surface area contributed by atoms with Crippen LogP contribution in [-0.4, -0.2) is 76.1 Å². The van der Waals surface area contributed by atoms with E-state index in [-0.39, 0.29) is 17.2 Å². The van der Waals surface area contributed by atoms with E-state index in [2.05, 4.69) is 26.2 Å². The summed E-state index contributed by atoms with van der Waals surface area (Å²) >= 11 is 0. The fourth-order valence-corrected chi connectivity index (χ4v) is 6.32. The van der Waals surface area contributed by atoms with E-state index in [1.807, 2.05) is 70.5 Å². The van der Waals surface area contributed by atoms with Gasteiger partial charge in [0.2, 0.25) is 0 Å². The van der Waals surface area contributed by atoms with Crippen molar-refractivity contribution in [2.45, 2.75) is 32.2 Å². The summed E-state index contributed by atoms with van der Waals surface area (Å²) in [5.74, 6) is 1.15. The lowest BCUT2D eigenvalue weighted by molar-refractivity contribution is 0.0359. The first-order chi connectivity index (χ1) is 22.5. The van der Waals surface area contributed by atoms with Crippen LogP contribution in [0, 0.1) is 16.7 Å². The van der Waals surface area contributed by atoms with Crippen LogP contribution in [0.5, 0.6) is 5.75 Å². The van der Waals surface area contributed by atoms with Gasteiger partial charge in [-0.25, -0.2) is 4.98 Å². The van der Waals surface area contributed by atoms with Gasteiger partial charge >= 0.3 is 0 Å². The van der Waals surface area contributed by atoms with E-state index in [1.54, 1.807) is 30.6 Å². The molecule has 1 fully saturated rings. The zero-order valence-corrected chi connectivity index (χ0v) is 25.8. The van der Waals surface area contributed by atoms with Crippen LogP contribution in [0.4, 0.5) is 5.82 Å². The molecule has 4 aromatic rings. The molecule has 0 saturated carbocycles. The smallest absolute Gasteiger partial charge is 0.274 e. The SMILES string of the molecule is N#Cc1ccc(N2CCCC3(CCN(C(=O)c4cccnn4)CC3)COc3ccccc3C(=O)N(Cc3ccccc3)CC2)nc1. The predicted octanol–water partition coefficient (Wildman–Crippen LogP) is 4.99. The number of carbonyl (C=O) groups is 2. The van der Waals surface area contributed by atoms with E-state index in [4.69, 9.17) is 4.74 Å². The lowest BCUT2D eigenvalue weighted by atomic mass is 9.75. The number of hydrogen-bond donors (Lipinski definition) is 0. The number of nitrogens with zero attached hydrogens (tertiary/aromatic N) is 7. The Morgan fingerprint density at radius 1 is 0.891 bits per heavy atom. The zero-order valence-electron chi connectivity index (χ0n) is 25.8. The van der Waals surface area contributed by atoms with Gasteiger partial charge in [-0.1, -0.05) is 42.5 Å². The fourth-order valence-electron chi connectivity index (χ4n) is 6.32. The highest BCUT2D eigenvalue weighted by Gasteiger charge is 2.38. The lowest BCUT2D eigenvalue weighted by Crippen LogP contribution is -2.46. The molecule has 4 heterocycles. The molecule has 10 heteroatoms. The maximum atomic E-state index is 14.2. The quantitative estimate of drug-likeness (QED) is 0.316. The Bertz CT molecular complexity index is 1670. The number of hydrogen-bond acceptors (Lipinski definition) is 8. The van der Waals surface area contributed by atoms with Crippen molar-refractivity contribution >= 4 is 17.6 Å². The molecule has 2 aliphatic rings. The Balaban J connectivity index is 1.28. The number of aromatic nitrogens is 3. The molecule has 2 aromatic heterocycles. The summed E-state index contributed by atoms with van der Waals surface area (Å²) in [7, 11) is 0. The Morgan fingerprint density at radius 2 is 1.70 bits per heavy atom. The van der Waals surface area contributed by atoms with Gasteiger partial charge in [-0.3, -0.25) is 9.59 Å². The minimum Gasteiger partial charge on any atom is -0.492 e. The van der Waals surface area contributed by atoms with Gasteiger partial charge in [0.25, 0.3) is 11.8 Å². The second-order valence-electron chi connectivity index (χ2n) is 12.0. The van der Waals surface area contributed by atoms with Crippen LogP contribution < -0.4 is 9.64 Å². The number of fused-ring (bicyclic) bond motifs is 1. The molecule has 0 unspecified atom stereocenters. The van der Waals surface area contributed by atoms with Crippen molar-refractivity contribution in [3.63, 3.8) is 0 Å². The van der Waals surface area contributed by atoms with Crippen molar-refractivity contribution in [3.05, 3.63) is 114 Å². The lowest BCUT2D eigenvalue weighted by Gasteiger charge is -2.42. The van der Waals surface area contributed by atoms with E-state index in [9.17, 15) is 14.9 Å². The van der Waals surface area contributed by atoms with Gasteiger partial charge in [-0.05, 0) is 67.6 Å². The molecular weight excluding hydrogens is 578 g/mol. The summed E-state index contributed by atoms with van der Waals surface area (Å²) in [5, 5.41) is 17.2. The number of amides is 2. The number of likely N-dealkylation sites (tertiary alicyclic amines) is 1. The molecule has 10 nitrogen and oxygen atoms in total. The number of rotatable bonds is 4. The van der Waals surface area contributed by atoms with E-state index < -0.39 is 0 Å². The number of carbonyl (C=O) groups excluding carboxylic acids is 2. The molecule has 6 rings (SSSR count). The van der Waals surface area contributed by atoms with E-state index in [0.717, 1.165) is 43.6 Å². The number of pyridine rings is 1. The van der Waals surface area contributed by atoms with Crippen LogP contribution in [-0.2, 0) is 6.54 Å². The van der Waals surface area contributed by atoms with Crippen LogP contribution in [0.2, 0.25) is 0 Å². The largest absolute Gasteiger partial charge is 0.492 e. The number of ether oxygens (including phenoxy) is 1. The molecule has 1 spiro atoms. The van der Waals surface area contributed by atoms with E-state index in [1.165, 1.54) is 0 Å². The molecule has 0 bridgehead atoms. The van der Waals surface area contributed by atoms with E-state index in [0.29, 0.717) is 61.9 Å². The maximum Gasteiger partial charge on any atom is 0.274 e. The van der Waals surface area contributed by atoms with Crippen molar-refractivity contribution in [1.29, 1.82) is 5.26 Å². The standard InChI is InChI=1S/C36H37N7O3/c37-24-29-13-14-33(38-25-29)41-19-7-15-36(16-20-42(21-17-36)35(45)31-11-6-18-39-40-31)27-46-32-12-5-4-10-30(32)34(44)43(23-22-41)26-28-8-2-1-3-9-28/h1-6,8-14,18,25H,7,15-17,19-23,26-27H2. The molecule has 0 radical (unpaired) electrons. The van der Waals surface area contributed by atoms with Crippen molar-refractivity contribution < 1.29 is 14.3 Å². The summed E-state index contributed by atoms with van der Waals surface area (Å²) in [6.45, 7) is 3.86. The van der Waals surface area contributed by atoms with Crippen LogP contribution in [0.1, 0.15) is 57.7 Å². The average Bonchev–Trinajstić information content (AvgIpc) is 3.13. The van der Waals surface area contributed by atoms with Crippen LogP contribution >= 0.6 is 0 Å². The molecule has 1 saturated heterocycles. The Hall–Kier alpha value is -5.30. The van der Waals surface area contributed by atoms with Crippen LogP contribution in [0.15, 0.2) is 91.3 Å². The van der Waals surface area contributed by atoms with Gasteiger partial charge in [0.15, 0.2) is 5.69 Å². The minimum absolute atomic E-state index is 0.0927. The highest BCUT2D eigenvalue weighted by molar-refractivity contribution is 5.97. The van der Waals surface area contributed by atoms with Gasteiger partial charge in [-0.15, -0.1) is 5.10 Å². The van der Waals surface area contributed by atoms with Crippen molar-refractivity contribution in [3.8, 4) is 11.8 Å². The Morgan fingerprint density at radius 3 is 2.43 bits per heavy atom. The summed E-state index contributed by atoms with van der Waals surface area (Å²) < 4.78 is 6.55. The van der Waals surface area contributed by atoms with Crippen molar-refractivity contribution in [2.75, 3.05) is 44.2 Å². The summed E-state index contributed by atoms with van der Waals surface area (Å²) in [6, 6.07) is 26.7. The first-order valence-corrected chi connectivity index (χ1v) is 15.8. The topological polar surface area (TPSA) is 116 Å². The molecule has 2 amide bonds. The molecule has 46 heavy (non-hydrogen) atoms. The fraction of sp³-hybridized carbons (Fsp3) is 0.333. The monoisotopic (exact) mass is 615 g/mol. The summed E-state index contributed by atoms with van der Waals surface area (Å²) in [6.07, 6.45) is 6.45. The van der Waals surface area contributed by atoms with Crippen molar-refractivity contribution in [1.82, 2.24) is 25.0 Å². The second kappa shape index (κ2) is 14.2.